The highest BCUT2D eigenvalue weighted by molar-refractivity contribution is 7.13. The standard InChI is InChI=1S/C19H14N2O4S/c1-23-16-6-4-13(5-7-16)9-14(11-20)19(22)24-12-15-10-17(25-21-15)18-3-2-8-26-18/h2-10H,12H2,1H3/b14-9+. The minimum Gasteiger partial charge on any atom is -0.497 e. The van der Waals surface area contributed by atoms with Gasteiger partial charge in [-0.15, -0.1) is 11.3 Å². The first kappa shape index (κ1) is 17.5. The second kappa shape index (κ2) is 8.14. The van der Waals surface area contributed by atoms with Crippen molar-refractivity contribution in [2.45, 2.75) is 6.61 Å². The molecule has 3 aromatic rings. The molecular weight excluding hydrogens is 352 g/mol. The Hall–Kier alpha value is -3.37. The molecule has 0 N–H and O–H groups in total. The molecule has 0 aliphatic heterocycles. The van der Waals surface area contributed by atoms with Crippen molar-refractivity contribution in [1.29, 1.82) is 5.26 Å². The average Bonchev–Trinajstić information content (AvgIpc) is 3.36. The zero-order chi connectivity index (χ0) is 18.4. The van der Waals surface area contributed by atoms with Crippen molar-refractivity contribution in [3.8, 4) is 22.5 Å². The van der Waals surface area contributed by atoms with Gasteiger partial charge < -0.3 is 14.0 Å². The lowest BCUT2D eigenvalue weighted by atomic mass is 10.1. The Kier molecular flexibility index (Phi) is 5.46. The minimum absolute atomic E-state index is 0.0741. The number of methoxy groups -OCH3 is 1. The summed E-state index contributed by atoms with van der Waals surface area (Å²) in [5.74, 6) is 0.583. The molecule has 2 heterocycles. The van der Waals surface area contributed by atoms with Gasteiger partial charge in [-0.1, -0.05) is 23.4 Å². The van der Waals surface area contributed by atoms with Gasteiger partial charge in [0.25, 0.3) is 0 Å². The number of nitriles is 1. The van der Waals surface area contributed by atoms with Gasteiger partial charge in [0.05, 0.1) is 12.0 Å². The summed E-state index contributed by atoms with van der Waals surface area (Å²) < 4.78 is 15.5. The van der Waals surface area contributed by atoms with Crippen LogP contribution in [0.4, 0.5) is 0 Å². The first-order valence-corrected chi connectivity index (χ1v) is 8.50. The third-order valence-corrected chi connectivity index (χ3v) is 4.33. The number of esters is 1. The molecule has 0 bridgehead atoms. The van der Waals surface area contributed by atoms with Crippen molar-refractivity contribution >= 4 is 23.4 Å². The molecule has 130 valence electrons. The van der Waals surface area contributed by atoms with Gasteiger partial charge >= 0.3 is 5.97 Å². The summed E-state index contributed by atoms with van der Waals surface area (Å²) in [6.07, 6.45) is 1.46. The average molecular weight is 366 g/mol. The Labute approximate surface area is 153 Å². The summed E-state index contributed by atoms with van der Waals surface area (Å²) in [5.41, 5.74) is 1.07. The maximum atomic E-state index is 12.1. The number of hydrogen-bond acceptors (Lipinski definition) is 7. The zero-order valence-electron chi connectivity index (χ0n) is 13.8. The molecule has 0 saturated heterocycles. The largest absolute Gasteiger partial charge is 0.497 e. The molecule has 0 aliphatic rings. The van der Waals surface area contributed by atoms with Gasteiger partial charge in [-0.25, -0.2) is 4.79 Å². The van der Waals surface area contributed by atoms with Crippen LogP contribution in [0.5, 0.6) is 5.75 Å². The minimum atomic E-state index is -0.719. The normalized spacial score (nSPS) is 11.0. The number of ether oxygens (including phenoxy) is 2. The molecule has 1 aromatic carbocycles. The molecule has 26 heavy (non-hydrogen) atoms. The Morgan fingerprint density at radius 1 is 1.35 bits per heavy atom. The van der Waals surface area contributed by atoms with Crippen LogP contribution in [0.2, 0.25) is 0 Å². The molecule has 3 rings (SSSR count). The zero-order valence-corrected chi connectivity index (χ0v) is 14.7. The van der Waals surface area contributed by atoms with E-state index in [1.54, 1.807) is 37.4 Å². The molecule has 0 aliphatic carbocycles. The predicted octanol–water partition coefficient (Wildman–Crippen LogP) is 4.06. The van der Waals surface area contributed by atoms with Crippen molar-refractivity contribution in [2.75, 3.05) is 7.11 Å². The summed E-state index contributed by atoms with van der Waals surface area (Å²) in [7, 11) is 1.57. The molecule has 6 nitrogen and oxygen atoms in total. The van der Waals surface area contributed by atoms with E-state index in [-0.39, 0.29) is 12.2 Å². The lowest BCUT2D eigenvalue weighted by Crippen LogP contribution is -2.07. The Balaban J connectivity index is 1.64. The lowest BCUT2D eigenvalue weighted by Gasteiger charge is -2.02. The van der Waals surface area contributed by atoms with Crippen molar-refractivity contribution in [2.24, 2.45) is 0 Å². The van der Waals surface area contributed by atoms with Crippen LogP contribution in [0.3, 0.4) is 0 Å². The summed E-state index contributed by atoms with van der Waals surface area (Å²) in [5, 5.41) is 15.0. The summed E-state index contributed by atoms with van der Waals surface area (Å²) in [6.45, 7) is -0.0741. The molecular formula is C19H14N2O4S. The van der Waals surface area contributed by atoms with E-state index in [9.17, 15) is 10.1 Å². The maximum absolute atomic E-state index is 12.1. The SMILES string of the molecule is COc1ccc(/C=C(\C#N)C(=O)OCc2cc(-c3cccs3)on2)cc1. The fourth-order valence-corrected chi connectivity index (χ4v) is 2.81. The van der Waals surface area contributed by atoms with E-state index in [4.69, 9.17) is 14.0 Å². The van der Waals surface area contributed by atoms with Crippen LogP contribution >= 0.6 is 11.3 Å². The molecule has 0 atom stereocenters. The van der Waals surface area contributed by atoms with E-state index in [0.717, 1.165) is 4.88 Å². The monoisotopic (exact) mass is 366 g/mol. The van der Waals surface area contributed by atoms with Gasteiger partial charge in [-0.05, 0) is 35.2 Å². The smallest absolute Gasteiger partial charge is 0.349 e. The van der Waals surface area contributed by atoms with E-state index in [1.165, 1.54) is 17.4 Å². The molecule has 2 aromatic heterocycles. The number of carbonyl (C=O) groups is 1. The van der Waals surface area contributed by atoms with Crippen molar-refractivity contribution < 1.29 is 18.8 Å². The first-order chi connectivity index (χ1) is 12.7. The number of hydrogen-bond donors (Lipinski definition) is 0. The number of carbonyl (C=O) groups excluding carboxylic acids is 1. The molecule has 0 amide bonds. The van der Waals surface area contributed by atoms with E-state index in [2.05, 4.69) is 5.16 Å². The van der Waals surface area contributed by atoms with Crippen molar-refractivity contribution in [3.05, 3.63) is 64.7 Å². The Morgan fingerprint density at radius 3 is 2.81 bits per heavy atom. The van der Waals surface area contributed by atoms with Crippen LogP contribution in [-0.4, -0.2) is 18.2 Å². The number of rotatable bonds is 6. The highest BCUT2D eigenvalue weighted by Crippen LogP contribution is 2.25. The first-order valence-electron chi connectivity index (χ1n) is 7.62. The van der Waals surface area contributed by atoms with Gasteiger partial charge in [0.2, 0.25) is 0 Å². The molecule has 0 radical (unpaired) electrons. The number of nitrogens with zero attached hydrogens (tertiary/aromatic N) is 2. The quantitative estimate of drug-likeness (QED) is 0.371. The second-order valence-electron chi connectivity index (χ2n) is 5.18. The van der Waals surface area contributed by atoms with E-state index < -0.39 is 5.97 Å². The highest BCUT2D eigenvalue weighted by atomic mass is 32.1. The third kappa shape index (κ3) is 4.18. The summed E-state index contributed by atoms with van der Waals surface area (Å²) >= 11 is 1.52. The molecule has 0 fully saturated rings. The van der Waals surface area contributed by atoms with Crippen molar-refractivity contribution in [1.82, 2.24) is 5.16 Å². The summed E-state index contributed by atoms with van der Waals surface area (Å²) in [6, 6.07) is 14.4. The van der Waals surface area contributed by atoms with E-state index in [1.807, 2.05) is 23.6 Å². The molecule has 0 spiro atoms. The summed E-state index contributed by atoms with van der Waals surface area (Å²) in [4.78, 5) is 13.1. The highest BCUT2D eigenvalue weighted by Gasteiger charge is 2.13. The van der Waals surface area contributed by atoms with Crippen LogP contribution in [0.1, 0.15) is 11.3 Å². The van der Waals surface area contributed by atoms with Crippen LogP contribution in [0, 0.1) is 11.3 Å². The lowest BCUT2D eigenvalue weighted by molar-refractivity contribution is -0.139. The predicted molar refractivity (Wildman–Crippen MR) is 96.2 cm³/mol. The number of benzene rings is 1. The van der Waals surface area contributed by atoms with E-state index in [0.29, 0.717) is 22.8 Å². The van der Waals surface area contributed by atoms with Gasteiger partial charge in [0.15, 0.2) is 5.76 Å². The van der Waals surface area contributed by atoms with Gasteiger partial charge in [-0.2, -0.15) is 5.26 Å². The molecule has 0 saturated carbocycles. The number of aromatic nitrogens is 1. The van der Waals surface area contributed by atoms with Gasteiger partial charge in [0.1, 0.15) is 29.7 Å². The number of thiophene rings is 1. The fourth-order valence-electron chi connectivity index (χ4n) is 2.14. The van der Waals surface area contributed by atoms with Gasteiger partial charge in [0, 0.05) is 6.07 Å². The maximum Gasteiger partial charge on any atom is 0.349 e. The van der Waals surface area contributed by atoms with Gasteiger partial charge in [-0.3, -0.25) is 0 Å². The molecule has 7 heteroatoms. The van der Waals surface area contributed by atoms with Crippen LogP contribution in [-0.2, 0) is 16.1 Å². The fraction of sp³-hybridized carbons (Fsp3) is 0.105. The van der Waals surface area contributed by atoms with Crippen LogP contribution in [0.25, 0.3) is 16.7 Å². The van der Waals surface area contributed by atoms with Crippen LogP contribution in [0.15, 0.2) is 57.9 Å². The molecule has 0 unspecified atom stereocenters. The van der Waals surface area contributed by atoms with E-state index >= 15 is 0 Å². The topological polar surface area (TPSA) is 85.3 Å². The Morgan fingerprint density at radius 2 is 2.15 bits per heavy atom. The Bertz CT molecular complexity index is 950. The third-order valence-electron chi connectivity index (χ3n) is 3.44. The van der Waals surface area contributed by atoms with Crippen molar-refractivity contribution in [3.63, 3.8) is 0 Å². The second-order valence-corrected chi connectivity index (χ2v) is 6.13. The van der Waals surface area contributed by atoms with Crippen LogP contribution < -0.4 is 4.74 Å².